The van der Waals surface area contributed by atoms with Crippen molar-refractivity contribution < 1.29 is 65.5 Å². The summed E-state index contributed by atoms with van der Waals surface area (Å²) in [6.45, 7) is 6.07. The zero-order valence-electron chi connectivity index (χ0n) is 36.7. The Kier molecular flexibility index (Phi) is 14.8. The minimum absolute atomic E-state index is 0. The molecule has 8 rings (SSSR count). The molecule has 1 fully saturated rings. The first kappa shape index (κ1) is 49.9. The first-order valence-electron chi connectivity index (χ1n) is 20.7. The molecule has 66 heavy (non-hydrogen) atoms. The Morgan fingerprint density at radius 1 is 0.833 bits per heavy atom. The van der Waals surface area contributed by atoms with Crippen molar-refractivity contribution in [2.45, 2.75) is 56.6 Å². The molecule has 15 N–H and O–H groups in total. The average Bonchev–Trinajstić information content (AvgIpc) is 3.42. The molecule has 0 saturated heterocycles. The number of anilines is 2. The van der Waals surface area contributed by atoms with E-state index in [0.29, 0.717) is 23.7 Å². The topological polar surface area (TPSA) is 332 Å². The minimum Gasteiger partial charge on any atom is -0.508 e. The van der Waals surface area contributed by atoms with Crippen molar-refractivity contribution in [2.24, 2.45) is 23.3 Å². The van der Waals surface area contributed by atoms with Gasteiger partial charge in [-0.1, -0.05) is 87.5 Å². The maximum Gasteiger partial charge on any atom is 0.323 e. The number of para-hydroxylation sites is 2. The number of benzene rings is 4. The molecular weight excluding hydrogens is 855 g/mol. The van der Waals surface area contributed by atoms with E-state index in [4.69, 9.17) is 16.6 Å². The SMILES string of the molecule is CC(C)NCC(O)c1ccc(O)c(O)c1.C[C@H]1c2cccc(O)c2C(O)=C2C(=O)[C@]3(O)C(O)=C(C(N)=O)C(=O)[C@@H](N(C)C)[C@@H]3[C@@H](O)[C@@H]21.NC(=O)N1c2ccccc2C=Cc2ccccc21.O. The Morgan fingerprint density at radius 2 is 1.41 bits per heavy atom. The number of primary amides is 2. The lowest BCUT2D eigenvalue weighted by Gasteiger charge is -2.53. The van der Waals surface area contributed by atoms with E-state index in [9.17, 15) is 54.9 Å². The normalized spacial score (nSPS) is 23.1. The monoisotopic (exact) mass is 909 g/mol. The van der Waals surface area contributed by atoms with Gasteiger partial charge in [0.2, 0.25) is 5.78 Å². The van der Waals surface area contributed by atoms with E-state index in [2.05, 4.69) is 5.32 Å². The zero-order chi connectivity index (χ0) is 47.8. The summed E-state index contributed by atoms with van der Waals surface area (Å²) in [4.78, 5) is 53.2. The number of carbonyl (C=O) groups is 4. The summed E-state index contributed by atoms with van der Waals surface area (Å²) >= 11 is 0. The van der Waals surface area contributed by atoms with Crippen LogP contribution < -0.4 is 21.7 Å². The third-order valence-electron chi connectivity index (χ3n) is 12.1. The Hall–Kier alpha value is -7.06. The van der Waals surface area contributed by atoms with Crippen LogP contribution >= 0.6 is 0 Å². The van der Waals surface area contributed by atoms with Gasteiger partial charge in [0.1, 0.15) is 22.8 Å². The largest absolute Gasteiger partial charge is 0.508 e. The molecular formula is C48H55N5O13. The van der Waals surface area contributed by atoms with Crippen molar-refractivity contribution >= 4 is 52.8 Å². The van der Waals surface area contributed by atoms with Crippen LogP contribution in [-0.2, 0) is 14.4 Å². The second kappa shape index (κ2) is 19.6. The van der Waals surface area contributed by atoms with E-state index < -0.39 is 87.8 Å². The van der Waals surface area contributed by atoms with E-state index in [1.54, 1.807) is 30.0 Å². The van der Waals surface area contributed by atoms with E-state index in [1.807, 2.05) is 74.5 Å². The lowest BCUT2D eigenvalue weighted by Crippen LogP contribution is -2.70. The molecule has 3 aliphatic carbocycles. The molecule has 0 bridgehead atoms. The molecule has 0 radical (unpaired) electrons. The molecule has 7 atom stereocenters. The average molecular weight is 910 g/mol. The zero-order valence-corrected chi connectivity index (χ0v) is 36.7. The first-order chi connectivity index (χ1) is 30.6. The van der Waals surface area contributed by atoms with Gasteiger partial charge in [-0.25, -0.2) is 4.79 Å². The Balaban J connectivity index is 0.000000203. The molecule has 1 saturated carbocycles. The lowest BCUT2D eigenvalue weighted by molar-refractivity contribution is -0.169. The number of fused-ring (bicyclic) bond motifs is 5. The molecule has 0 aromatic heterocycles. The summed E-state index contributed by atoms with van der Waals surface area (Å²) in [7, 11) is 2.92. The number of urea groups is 1. The maximum atomic E-state index is 13.7. The molecule has 1 aliphatic heterocycles. The molecule has 18 nitrogen and oxygen atoms in total. The van der Waals surface area contributed by atoms with Crippen LogP contribution in [0.5, 0.6) is 17.2 Å². The number of nitrogens with one attached hydrogen (secondary N) is 1. The number of aliphatic hydroxyl groups excluding tert-OH is 4. The number of ketones is 2. The molecule has 1 unspecified atom stereocenters. The summed E-state index contributed by atoms with van der Waals surface area (Å²) in [5, 5.41) is 86.0. The van der Waals surface area contributed by atoms with Gasteiger partial charge in [-0.3, -0.25) is 24.2 Å². The number of amides is 3. The van der Waals surface area contributed by atoms with Gasteiger partial charge in [-0.2, -0.15) is 0 Å². The van der Waals surface area contributed by atoms with Gasteiger partial charge in [0.25, 0.3) is 5.91 Å². The van der Waals surface area contributed by atoms with E-state index >= 15 is 0 Å². The Bertz CT molecular complexity index is 2590. The molecule has 0 spiro atoms. The van der Waals surface area contributed by atoms with Gasteiger partial charge in [-0.15, -0.1) is 0 Å². The number of hydrogen-bond donors (Lipinski definition) is 11. The smallest absolute Gasteiger partial charge is 0.323 e. The number of phenolic OH excluding ortho intramolecular Hbond substituents is 3. The van der Waals surface area contributed by atoms with Crippen LogP contribution in [0, 0.1) is 11.8 Å². The molecule has 4 aromatic carbocycles. The van der Waals surface area contributed by atoms with Gasteiger partial charge < -0.3 is 63.1 Å². The third kappa shape index (κ3) is 8.84. The molecule has 4 aliphatic rings. The second-order valence-corrected chi connectivity index (χ2v) is 16.7. The van der Waals surface area contributed by atoms with Crippen molar-refractivity contribution in [1.82, 2.24) is 10.2 Å². The van der Waals surface area contributed by atoms with E-state index in [1.165, 1.54) is 37.2 Å². The van der Waals surface area contributed by atoms with Crippen LogP contribution in [0.1, 0.15) is 60.6 Å². The fraction of sp³-hybridized carbons (Fsp3) is 0.292. The van der Waals surface area contributed by atoms with Crippen molar-refractivity contribution in [3.63, 3.8) is 0 Å². The number of aromatic hydroxyl groups is 3. The quantitative estimate of drug-likeness (QED) is 0.0978. The summed E-state index contributed by atoms with van der Waals surface area (Å²) in [5.41, 5.74) is 11.2. The van der Waals surface area contributed by atoms with Gasteiger partial charge in [0.05, 0.1) is 41.1 Å². The number of carbonyl (C=O) groups excluding carboxylic acids is 4. The van der Waals surface area contributed by atoms with E-state index in [0.717, 1.165) is 22.5 Å². The highest BCUT2D eigenvalue weighted by Gasteiger charge is 2.68. The van der Waals surface area contributed by atoms with Gasteiger partial charge >= 0.3 is 6.03 Å². The van der Waals surface area contributed by atoms with Gasteiger partial charge in [-0.05, 0) is 72.6 Å². The first-order valence-corrected chi connectivity index (χ1v) is 20.7. The van der Waals surface area contributed by atoms with Crippen LogP contribution in [0.25, 0.3) is 17.9 Å². The van der Waals surface area contributed by atoms with Crippen molar-refractivity contribution in [2.75, 3.05) is 25.5 Å². The standard InChI is InChI=1S/C22H24N2O8.C15H12N2O.C11H17NO3.H2O/c1-7-8-5-4-6-9(25)11(8)16(26)12-10(7)17(27)14-15(24(2)3)18(28)13(21(23)31)20(30)22(14,32)19(12)29;16-15(18)17-13-7-3-1-5-11(13)9-10-12-6-2-4-8-14(12)17;1-7(2)12-6-11(15)8-3-4-9(13)10(14)5-8;/h4-7,10,14-15,17,25-27,30,32H,1-3H3,(H2,23,31);1-10H,(H2,16,18);3-5,7,11-15H,6H2,1-2H3;1H2/t7-,10+,14+,15-,17-,22-;;;/m0.../s1. The fourth-order valence-corrected chi connectivity index (χ4v) is 9.00. The molecule has 3 amide bonds. The second-order valence-electron chi connectivity index (χ2n) is 16.7. The molecule has 1 heterocycles. The number of nitrogens with two attached hydrogens (primary N) is 2. The highest BCUT2D eigenvalue weighted by molar-refractivity contribution is 6.24. The lowest BCUT2D eigenvalue weighted by atomic mass is 9.54. The van der Waals surface area contributed by atoms with Crippen LogP contribution in [0.4, 0.5) is 16.2 Å². The van der Waals surface area contributed by atoms with Crippen molar-refractivity contribution in [3.8, 4) is 17.2 Å². The Labute approximate surface area is 380 Å². The Morgan fingerprint density at radius 3 is 1.92 bits per heavy atom. The maximum absolute atomic E-state index is 13.7. The van der Waals surface area contributed by atoms with Crippen LogP contribution in [0.15, 0.2) is 102 Å². The summed E-state index contributed by atoms with van der Waals surface area (Å²) in [5.74, 6) is -9.26. The number of likely N-dealkylation sites (N-methyl/N-ethyl adjacent to an activating group) is 1. The highest BCUT2D eigenvalue weighted by atomic mass is 16.4. The number of phenols is 3. The highest BCUT2D eigenvalue weighted by Crippen LogP contribution is 2.56. The summed E-state index contributed by atoms with van der Waals surface area (Å²) in [6, 6.07) is 22.7. The molecule has 18 heteroatoms. The third-order valence-corrected chi connectivity index (χ3v) is 12.1. The van der Waals surface area contributed by atoms with Crippen molar-refractivity contribution in [3.05, 3.63) is 130 Å². The predicted molar refractivity (Wildman–Crippen MR) is 245 cm³/mol. The number of rotatable bonds is 6. The van der Waals surface area contributed by atoms with Crippen LogP contribution in [0.2, 0.25) is 0 Å². The van der Waals surface area contributed by atoms with Crippen molar-refractivity contribution in [1.29, 1.82) is 0 Å². The fourth-order valence-electron chi connectivity index (χ4n) is 9.00. The summed E-state index contributed by atoms with van der Waals surface area (Å²) in [6.07, 6.45) is 1.72. The summed E-state index contributed by atoms with van der Waals surface area (Å²) < 4.78 is 0. The van der Waals surface area contributed by atoms with Crippen LogP contribution in [0.3, 0.4) is 0 Å². The number of aliphatic hydroxyl groups is 5. The predicted octanol–water partition coefficient (Wildman–Crippen LogP) is 3.19. The van der Waals surface area contributed by atoms with Crippen LogP contribution in [-0.4, -0.2) is 119 Å². The molecule has 350 valence electrons. The van der Waals surface area contributed by atoms with Gasteiger partial charge in [0.15, 0.2) is 22.9 Å². The number of nitrogens with zero attached hydrogens (tertiary/aromatic N) is 2. The number of Topliss-reactive ketones (excluding diaryl/α,β-unsaturated/α-hetero) is 2. The van der Waals surface area contributed by atoms with E-state index in [-0.39, 0.29) is 28.3 Å². The van der Waals surface area contributed by atoms with Gasteiger partial charge in [0, 0.05) is 24.1 Å². The minimum atomic E-state index is -2.89. The number of hydrogen-bond acceptors (Lipinski definition) is 14. The molecule has 4 aromatic rings.